The van der Waals surface area contributed by atoms with E-state index in [1.54, 1.807) is 11.4 Å². The van der Waals surface area contributed by atoms with Gasteiger partial charge in [-0.05, 0) is 69.0 Å². The molecule has 1 N–H and O–H groups in total. The number of rotatable bonds is 7. The Morgan fingerprint density at radius 1 is 1.43 bits per heavy atom. The first-order valence-corrected chi connectivity index (χ1v) is 20.7. The zero-order chi connectivity index (χ0) is 29.3. The number of fused-ring (bicyclic) bond motifs is 2. The van der Waals surface area contributed by atoms with Crippen molar-refractivity contribution in [1.82, 2.24) is 19.5 Å². The minimum Gasteiger partial charge on any atom is -0.408 e. The third kappa shape index (κ3) is 5.57. The Hall–Kier alpha value is -0.923. The Bertz CT molecular complexity index is 1400. The highest BCUT2D eigenvalue weighted by Gasteiger charge is 2.55. The fraction of sp³-hybridized carbons (Fsp3) is 0.731. The van der Waals surface area contributed by atoms with Crippen LogP contribution in [-0.2, 0) is 30.0 Å². The van der Waals surface area contributed by atoms with Crippen molar-refractivity contribution in [2.24, 2.45) is 5.92 Å². The van der Waals surface area contributed by atoms with Gasteiger partial charge in [-0.1, -0.05) is 44.3 Å². The van der Waals surface area contributed by atoms with E-state index in [9.17, 15) is 4.79 Å². The van der Waals surface area contributed by atoms with E-state index in [-0.39, 0.29) is 33.7 Å². The van der Waals surface area contributed by atoms with Crippen LogP contribution in [0.25, 0.3) is 11.2 Å². The van der Waals surface area contributed by atoms with Crippen molar-refractivity contribution >= 4 is 48.4 Å². The summed E-state index contributed by atoms with van der Waals surface area (Å²) < 4.78 is 43.4. The summed E-state index contributed by atoms with van der Waals surface area (Å²) in [5.74, 6) is 0.416. The minimum atomic E-state index is -2.71. The van der Waals surface area contributed by atoms with Crippen LogP contribution in [-0.4, -0.2) is 63.7 Å². The van der Waals surface area contributed by atoms with E-state index in [4.69, 9.17) is 30.0 Å². The molecule has 1 aliphatic carbocycles. The third-order valence-corrected chi connectivity index (χ3v) is 19.3. The van der Waals surface area contributed by atoms with Crippen LogP contribution in [0.2, 0.25) is 18.1 Å². The summed E-state index contributed by atoms with van der Waals surface area (Å²) in [5, 5.41) is -0.145. The molecule has 8 atom stereocenters. The van der Waals surface area contributed by atoms with Crippen LogP contribution in [0.5, 0.6) is 0 Å². The van der Waals surface area contributed by atoms with Gasteiger partial charge in [-0.15, -0.1) is 0 Å². The summed E-state index contributed by atoms with van der Waals surface area (Å²) >= 11 is 7.60. The van der Waals surface area contributed by atoms with Crippen molar-refractivity contribution in [3.05, 3.63) is 35.2 Å². The SMILES string of the molecule is C=C(C)[C@@H]1CC[C@]2(C)S[P@@](=S)(OC[C@H]3O[C@@H](n4cnc5c(=O)[nH]cnc54)[C@H](F)C3O[Si](C)(C)C(C)(C)C)O[C@H]2C1. The van der Waals surface area contributed by atoms with Crippen LogP contribution < -0.4 is 5.56 Å². The molecular weight excluding hydrogens is 591 g/mol. The number of aromatic amines is 1. The van der Waals surface area contributed by atoms with Crippen LogP contribution in [0, 0.1) is 5.92 Å². The molecule has 2 aromatic heterocycles. The lowest BCUT2D eigenvalue weighted by Gasteiger charge is -2.39. The van der Waals surface area contributed by atoms with E-state index in [1.807, 2.05) is 0 Å². The fourth-order valence-electron chi connectivity index (χ4n) is 5.37. The van der Waals surface area contributed by atoms with E-state index in [0.717, 1.165) is 19.3 Å². The Morgan fingerprint density at radius 2 is 2.15 bits per heavy atom. The summed E-state index contributed by atoms with van der Waals surface area (Å²) in [7, 11) is -2.40. The van der Waals surface area contributed by atoms with Gasteiger partial charge in [0, 0.05) is 4.75 Å². The first-order valence-electron chi connectivity index (χ1n) is 13.7. The molecule has 14 heteroatoms. The molecule has 9 nitrogen and oxygen atoms in total. The van der Waals surface area contributed by atoms with Gasteiger partial charge < -0.3 is 23.2 Å². The van der Waals surface area contributed by atoms with Gasteiger partial charge in [-0.2, -0.15) is 0 Å². The minimum absolute atomic E-state index is 0.00860. The number of aromatic nitrogens is 4. The Kier molecular flexibility index (Phi) is 8.14. The number of allylic oxidation sites excluding steroid dienone is 1. The highest BCUT2D eigenvalue weighted by atomic mass is 32.9. The molecule has 2 saturated heterocycles. The number of imidazole rings is 1. The van der Waals surface area contributed by atoms with Crippen molar-refractivity contribution in [3.63, 3.8) is 0 Å². The largest absolute Gasteiger partial charge is 0.408 e. The number of hydrogen-bond donors (Lipinski definition) is 1. The molecule has 1 unspecified atom stereocenters. The second kappa shape index (κ2) is 10.7. The number of hydrogen-bond acceptors (Lipinski definition) is 9. The zero-order valence-corrected chi connectivity index (χ0v) is 27.7. The van der Waals surface area contributed by atoms with E-state index in [2.05, 4.69) is 69.2 Å². The van der Waals surface area contributed by atoms with Crippen molar-refractivity contribution in [2.75, 3.05) is 6.61 Å². The zero-order valence-electron chi connectivity index (χ0n) is 24.2. The molecule has 3 aliphatic rings. The van der Waals surface area contributed by atoms with E-state index < -0.39 is 44.2 Å². The van der Waals surface area contributed by atoms with Crippen LogP contribution in [0.1, 0.15) is 60.1 Å². The van der Waals surface area contributed by atoms with Gasteiger partial charge in [-0.3, -0.25) is 9.36 Å². The molecule has 2 aliphatic heterocycles. The molecular formula is C26H40FN4O5PS2Si. The summed E-state index contributed by atoms with van der Waals surface area (Å²) in [6.45, 7) is 19.0. The molecule has 222 valence electrons. The fourth-order valence-corrected chi connectivity index (χ4v) is 13.8. The molecule has 0 aromatic carbocycles. The Labute approximate surface area is 245 Å². The molecule has 0 radical (unpaired) electrons. The molecule has 4 heterocycles. The maximum absolute atomic E-state index is 16.3. The predicted molar refractivity (Wildman–Crippen MR) is 162 cm³/mol. The summed E-state index contributed by atoms with van der Waals surface area (Å²) in [4.78, 5) is 23.1. The number of nitrogens with zero attached hydrogens (tertiary/aromatic N) is 3. The molecule has 1 saturated carbocycles. The lowest BCUT2D eigenvalue weighted by atomic mass is 9.77. The Morgan fingerprint density at radius 3 is 2.83 bits per heavy atom. The van der Waals surface area contributed by atoms with Gasteiger partial charge in [0.1, 0.15) is 12.2 Å². The normalized spacial score (nSPS) is 36.7. The van der Waals surface area contributed by atoms with E-state index >= 15 is 4.39 Å². The average Bonchev–Trinajstić information content (AvgIpc) is 3.48. The molecule has 0 bridgehead atoms. The molecule has 40 heavy (non-hydrogen) atoms. The first-order chi connectivity index (χ1) is 18.5. The standard InChI is InChI=1S/C26H40FN4O5PS2Si/c1-15(2)16-9-10-26(6)18(11-16)35-37(38,39-26)33-12-17-21(36-40(7,8)25(3,4)5)19(27)24(34-17)31-14-30-20-22(31)28-13-29-23(20)32/h13-14,16-19,21,24H,1,9-12H2,2-8H3,(H,28,29,32)/t16-,17-,18+,19-,21?,24-,26+,37+/m1/s1. The number of ether oxygens (including phenoxy) is 1. The lowest BCUT2D eigenvalue weighted by molar-refractivity contribution is -0.0405. The number of alkyl halides is 1. The topological polar surface area (TPSA) is 100 Å². The lowest BCUT2D eigenvalue weighted by Crippen LogP contribution is -2.49. The Balaban J connectivity index is 1.39. The van der Waals surface area contributed by atoms with E-state index in [0.29, 0.717) is 5.92 Å². The van der Waals surface area contributed by atoms with Crippen LogP contribution >= 0.6 is 17.1 Å². The van der Waals surface area contributed by atoms with Gasteiger partial charge in [-0.25, -0.2) is 14.4 Å². The highest BCUT2D eigenvalue weighted by Crippen LogP contribution is 2.75. The smallest absolute Gasteiger partial charge is 0.278 e. The summed E-state index contributed by atoms with van der Waals surface area (Å²) in [6, 6.07) is 0. The second-order valence-corrected chi connectivity index (χ2v) is 24.3. The van der Waals surface area contributed by atoms with Crippen LogP contribution in [0.3, 0.4) is 0 Å². The number of nitrogens with one attached hydrogen (secondary N) is 1. The highest BCUT2D eigenvalue weighted by molar-refractivity contribution is 8.68. The molecule has 0 amide bonds. The van der Waals surface area contributed by atoms with Crippen molar-refractivity contribution in [3.8, 4) is 0 Å². The van der Waals surface area contributed by atoms with Crippen LogP contribution in [0.4, 0.5) is 4.39 Å². The summed E-state index contributed by atoms with van der Waals surface area (Å²) in [5.41, 5.74) is -1.57. The maximum Gasteiger partial charge on any atom is 0.278 e. The second-order valence-electron chi connectivity index (χ2n) is 13.0. The number of H-pyrrole nitrogens is 1. The van der Waals surface area contributed by atoms with Crippen molar-refractivity contribution < 1.29 is 22.6 Å². The first kappa shape index (κ1) is 30.5. The van der Waals surface area contributed by atoms with Gasteiger partial charge in [0.2, 0.25) is 5.69 Å². The molecule has 2 aromatic rings. The maximum atomic E-state index is 16.3. The predicted octanol–water partition coefficient (Wildman–Crippen LogP) is 6.25. The molecule has 3 fully saturated rings. The monoisotopic (exact) mass is 630 g/mol. The van der Waals surface area contributed by atoms with Crippen LogP contribution in [0.15, 0.2) is 29.6 Å². The molecule has 0 spiro atoms. The average molecular weight is 631 g/mol. The third-order valence-electron chi connectivity index (χ3n) is 8.98. The summed E-state index contributed by atoms with van der Waals surface area (Å²) in [6.07, 6.45) is 1.30. The van der Waals surface area contributed by atoms with Gasteiger partial charge in [0.05, 0.1) is 25.4 Å². The van der Waals surface area contributed by atoms with Gasteiger partial charge >= 0.3 is 0 Å². The van der Waals surface area contributed by atoms with Gasteiger partial charge in [0.25, 0.3) is 5.56 Å². The quantitative estimate of drug-likeness (QED) is 0.216. The van der Waals surface area contributed by atoms with Gasteiger partial charge in [0.15, 0.2) is 31.9 Å². The van der Waals surface area contributed by atoms with E-state index in [1.165, 1.54) is 22.8 Å². The number of halogens is 1. The van der Waals surface area contributed by atoms with Crippen molar-refractivity contribution in [1.29, 1.82) is 0 Å². The van der Waals surface area contributed by atoms with Crippen molar-refractivity contribution in [2.45, 2.75) is 107 Å². The molecule has 5 rings (SSSR count).